The fourth-order valence-electron chi connectivity index (χ4n) is 13.9. The molecule has 7 N–H and O–H groups in total. The highest BCUT2D eigenvalue weighted by molar-refractivity contribution is 5.82. The third-order valence-corrected chi connectivity index (χ3v) is 17.3. The first-order chi connectivity index (χ1) is 25.2. The van der Waals surface area contributed by atoms with Gasteiger partial charge in [0.1, 0.15) is 54.2 Å². The zero-order valence-electron chi connectivity index (χ0n) is 32.9. The molecule has 0 aromatic carbocycles. The molecule has 3 saturated heterocycles. The van der Waals surface area contributed by atoms with Gasteiger partial charge in [0, 0.05) is 11.8 Å². The molecule has 306 valence electrons. The minimum atomic E-state index is -1.63. The number of aliphatic hydroxyl groups excluding tert-OH is 7. The highest BCUT2D eigenvalue weighted by atomic mass is 16.8. The highest BCUT2D eigenvalue weighted by Gasteiger charge is 2.74. The number of aliphatic hydroxyl groups is 7. The number of fused-ring (bicyclic) bond motifs is 7. The Hall–Kier alpha value is -1.23. The molecule has 13 heteroatoms. The first-order valence-electron chi connectivity index (χ1n) is 20.4. The van der Waals surface area contributed by atoms with E-state index in [1.165, 1.54) is 5.57 Å². The first-order valence-corrected chi connectivity index (χ1v) is 20.4. The van der Waals surface area contributed by atoms with E-state index in [-0.39, 0.29) is 58.3 Å². The van der Waals surface area contributed by atoms with Crippen LogP contribution in [0.15, 0.2) is 11.6 Å². The Morgan fingerprint density at radius 3 is 2.24 bits per heavy atom. The summed E-state index contributed by atoms with van der Waals surface area (Å²) in [7, 11) is 0. The molecule has 0 amide bonds. The Balaban J connectivity index is 1.06. The van der Waals surface area contributed by atoms with Gasteiger partial charge in [0.2, 0.25) is 0 Å². The molecule has 7 fully saturated rings. The Morgan fingerprint density at radius 1 is 0.815 bits per heavy atom. The van der Waals surface area contributed by atoms with E-state index in [1.54, 1.807) is 0 Å². The van der Waals surface area contributed by atoms with E-state index < -0.39 is 78.8 Å². The number of hydrogen-bond donors (Lipinski definition) is 7. The van der Waals surface area contributed by atoms with Crippen LogP contribution >= 0.6 is 0 Å². The van der Waals surface area contributed by atoms with Crippen molar-refractivity contribution in [2.45, 2.75) is 173 Å². The average molecular weight is 765 g/mol. The van der Waals surface area contributed by atoms with E-state index in [9.17, 15) is 40.5 Å². The molecule has 0 aromatic heterocycles. The summed E-state index contributed by atoms with van der Waals surface area (Å²) in [5.41, 5.74) is -0.593. The monoisotopic (exact) mass is 764 g/mol. The van der Waals surface area contributed by atoms with Crippen LogP contribution in [0.3, 0.4) is 0 Å². The second-order valence-corrected chi connectivity index (χ2v) is 20.4. The number of carbonyl (C=O) groups excluding carboxylic acids is 1. The number of rotatable bonds is 5. The fourth-order valence-corrected chi connectivity index (χ4v) is 13.9. The maximum atomic E-state index is 13.7. The predicted molar refractivity (Wildman–Crippen MR) is 191 cm³/mol. The molecule has 19 atom stereocenters. The zero-order chi connectivity index (χ0) is 39.1. The van der Waals surface area contributed by atoms with Crippen molar-refractivity contribution in [2.24, 2.45) is 50.2 Å². The van der Waals surface area contributed by atoms with E-state index >= 15 is 0 Å². The van der Waals surface area contributed by atoms with E-state index in [1.807, 2.05) is 0 Å². The van der Waals surface area contributed by atoms with E-state index in [0.29, 0.717) is 25.2 Å². The Labute approximate surface area is 318 Å². The van der Waals surface area contributed by atoms with Crippen LogP contribution in [-0.2, 0) is 28.5 Å². The van der Waals surface area contributed by atoms with Crippen molar-refractivity contribution in [3.63, 3.8) is 0 Å². The van der Waals surface area contributed by atoms with Gasteiger partial charge in [-0.3, -0.25) is 4.79 Å². The summed E-state index contributed by atoms with van der Waals surface area (Å²) in [6, 6.07) is 0. The molecule has 2 bridgehead atoms. The molecule has 5 aliphatic carbocycles. The topological polar surface area (TPSA) is 205 Å². The predicted octanol–water partition coefficient (Wildman–Crippen LogP) is 1.94. The van der Waals surface area contributed by atoms with Crippen molar-refractivity contribution >= 4 is 5.97 Å². The molecule has 0 radical (unpaired) electrons. The van der Waals surface area contributed by atoms with Gasteiger partial charge < -0.3 is 59.4 Å². The third kappa shape index (κ3) is 5.25. The molecule has 3 heterocycles. The van der Waals surface area contributed by atoms with Gasteiger partial charge in [-0.1, -0.05) is 60.1 Å². The van der Waals surface area contributed by atoms with Gasteiger partial charge in [-0.05, 0) is 84.4 Å². The smallest absolute Gasteiger partial charge is 0.315 e. The summed E-state index contributed by atoms with van der Waals surface area (Å²) < 4.78 is 30.3. The minimum Gasteiger partial charge on any atom is -0.461 e. The number of ether oxygens (including phenoxy) is 5. The third-order valence-electron chi connectivity index (χ3n) is 17.3. The largest absolute Gasteiger partial charge is 0.461 e. The van der Waals surface area contributed by atoms with Crippen LogP contribution in [-0.4, -0.2) is 129 Å². The molecule has 13 nitrogen and oxygen atoms in total. The van der Waals surface area contributed by atoms with Gasteiger partial charge in [-0.15, -0.1) is 0 Å². The van der Waals surface area contributed by atoms with E-state index in [4.69, 9.17) is 23.7 Å². The van der Waals surface area contributed by atoms with E-state index in [2.05, 4.69) is 54.5 Å². The minimum absolute atomic E-state index is 0.0490. The van der Waals surface area contributed by atoms with Crippen LogP contribution in [0.1, 0.15) is 99.8 Å². The van der Waals surface area contributed by atoms with Crippen LogP contribution in [0.25, 0.3) is 0 Å². The van der Waals surface area contributed by atoms with Gasteiger partial charge in [0.25, 0.3) is 0 Å². The lowest BCUT2D eigenvalue weighted by molar-refractivity contribution is -0.370. The van der Waals surface area contributed by atoms with Crippen molar-refractivity contribution < 1.29 is 64.2 Å². The Morgan fingerprint density at radius 2 is 1.54 bits per heavy atom. The summed E-state index contributed by atoms with van der Waals surface area (Å²) in [5.74, 6) is 0.268. The normalized spacial score (nSPS) is 56.1. The van der Waals surface area contributed by atoms with Crippen molar-refractivity contribution in [3.05, 3.63) is 11.6 Å². The molecule has 4 saturated carbocycles. The van der Waals surface area contributed by atoms with Gasteiger partial charge in [-0.2, -0.15) is 0 Å². The average Bonchev–Trinajstić information content (AvgIpc) is 3.43. The van der Waals surface area contributed by atoms with Crippen LogP contribution < -0.4 is 0 Å². The summed E-state index contributed by atoms with van der Waals surface area (Å²) in [5, 5.41) is 75.0. The standard InChI is InChI=1S/C41H64O13/c1-36(2)14-20-19-8-9-24-38(5)12-11-26(52-34-32(30(47)29(46)22(17-42)51-34)54-33-31(48)28(45)21(43)18-50-33)37(3,4)23(38)10-13-39(24,6)40(19,7)15-25(44)41(20)16-27(36)53-35(41)49/h8,20-34,42-48H,9-18H2,1-7H3/t20-,21-,22+,23-,24+,25+,26-,27-,28-,29+,30-,31+,32+,33-,34-,38-,39+,40+,41+/m0/s1. The van der Waals surface area contributed by atoms with Crippen LogP contribution in [0, 0.1) is 50.2 Å². The molecule has 0 unspecified atom stereocenters. The first kappa shape index (κ1) is 39.6. The zero-order valence-corrected chi connectivity index (χ0v) is 32.9. The molecule has 1 spiro atoms. The van der Waals surface area contributed by atoms with E-state index in [0.717, 1.165) is 32.1 Å². The second kappa shape index (κ2) is 12.9. The number of hydrogen-bond acceptors (Lipinski definition) is 13. The van der Waals surface area contributed by atoms with Crippen LogP contribution in [0.5, 0.6) is 0 Å². The molecule has 3 aliphatic heterocycles. The molecule has 8 aliphatic rings. The SMILES string of the molecule is CC1(C)C[C@H]2C3=CC[C@@H]4[C@@]5(C)CC[C@H](O[C@@H]6O[C@H](CO)[C@@H](O)[C@H](O)[C@H]6O[C@@H]6OC[C@H](O)[C@H](O)[C@H]6O)C(C)(C)[C@@H]5CC[C@@]4(C)[C@]3(C)C[C@@H](O)[C@@]23C[C@@H]1OC3=O. The lowest BCUT2D eigenvalue weighted by Gasteiger charge is -2.71. The highest BCUT2D eigenvalue weighted by Crippen LogP contribution is 2.76. The van der Waals surface area contributed by atoms with Gasteiger partial charge in [-0.25, -0.2) is 0 Å². The maximum Gasteiger partial charge on any atom is 0.315 e. The van der Waals surface area contributed by atoms with Crippen molar-refractivity contribution in [2.75, 3.05) is 13.2 Å². The van der Waals surface area contributed by atoms with Crippen molar-refractivity contribution in [1.82, 2.24) is 0 Å². The molecular weight excluding hydrogens is 700 g/mol. The van der Waals surface area contributed by atoms with Gasteiger partial charge in [0.15, 0.2) is 12.6 Å². The van der Waals surface area contributed by atoms with Crippen molar-refractivity contribution in [3.8, 4) is 0 Å². The summed E-state index contributed by atoms with van der Waals surface area (Å²) in [6.07, 6.45) is -5.40. The number of carbonyl (C=O) groups is 1. The summed E-state index contributed by atoms with van der Waals surface area (Å²) in [6.45, 7) is 15.2. The maximum absolute atomic E-state index is 13.7. The molecular formula is C41H64O13. The van der Waals surface area contributed by atoms with Crippen LogP contribution in [0.4, 0.5) is 0 Å². The molecule has 8 rings (SSSR count). The molecule has 54 heavy (non-hydrogen) atoms. The lowest BCUT2D eigenvalue weighted by atomic mass is 9.33. The number of esters is 1. The van der Waals surface area contributed by atoms with Crippen molar-refractivity contribution in [1.29, 1.82) is 0 Å². The quantitative estimate of drug-likeness (QED) is 0.122. The lowest BCUT2D eigenvalue weighted by Crippen LogP contribution is -2.67. The molecule has 0 aromatic rings. The Bertz CT molecular complexity index is 1520. The Kier molecular flexibility index (Phi) is 9.45. The summed E-state index contributed by atoms with van der Waals surface area (Å²) >= 11 is 0. The fraction of sp³-hybridized carbons (Fsp3) is 0.927. The second-order valence-electron chi connectivity index (χ2n) is 20.4. The van der Waals surface area contributed by atoms with Gasteiger partial charge in [0.05, 0.1) is 25.4 Å². The van der Waals surface area contributed by atoms with Gasteiger partial charge >= 0.3 is 5.97 Å². The van der Waals surface area contributed by atoms with Crippen LogP contribution in [0.2, 0.25) is 0 Å². The summed E-state index contributed by atoms with van der Waals surface area (Å²) in [4.78, 5) is 13.7. The number of allylic oxidation sites excluding steroid dienone is 2.